The van der Waals surface area contributed by atoms with Crippen molar-refractivity contribution in [3.05, 3.63) is 42.0 Å². The van der Waals surface area contributed by atoms with E-state index in [1.54, 1.807) is 24.3 Å². The van der Waals surface area contributed by atoms with E-state index < -0.39 is 15.8 Å². The lowest BCUT2D eigenvalue weighted by Gasteiger charge is -2.21. The predicted octanol–water partition coefficient (Wildman–Crippen LogP) is 3.02. The number of benzene rings is 2. The Morgan fingerprint density at radius 1 is 1.00 bits per heavy atom. The summed E-state index contributed by atoms with van der Waals surface area (Å²) in [6, 6.07) is 9.65. The van der Waals surface area contributed by atoms with Gasteiger partial charge in [-0.1, -0.05) is 0 Å². The topological polar surface area (TPSA) is 93.7 Å². The van der Waals surface area contributed by atoms with Gasteiger partial charge < -0.3 is 14.8 Å². The second-order valence-corrected chi connectivity index (χ2v) is 8.82. The average molecular weight is 386 g/mol. The van der Waals surface area contributed by atoms with Crippen LogP contribution in [0.15, 0.2) is 41.3 Å². The summed E-state index contributed by atoms with van der Waals surface area (Å²) < 4.78 is 40.0. The molecular formula is C19H18N2O5S. The molecule has 8 heteroatoms. The van der Waals surface area contributed by atoms with E-state index in [0.29, 0.717) is 28.4 Å². The molecule has 27 heavy (non-hydrogen) atoms. The first-order valence-corrected chi connectivity index (χ1v) is 10.4. The molecule has 1 aliphatic carbocycles. The highest BCUT2D eigenvalue weighted by atomic mass is 32.2. The molecule has 7 nitrogen and oxygen atoms in total. The molecule has 2 aromatic carbocycles. The summed E-state index contributed by atoms with van der Waals surface area (Å²) in [5, 5.41) is 2.69. The summed E-state index contributed by atoms with van der Waals surface area (Å²) in [5.41, 5.74) is 1.74. The summed E-state index contributed by atoms with van der Waals surface area (Å²) in [6.07, 6.45) is 3.98. The number of fused-ring (bicyclic) bond motifs is 2. The minimum atomic E-state index is -3.78. The monoisotopic (exact) mass is 386 g/mol. The Bertz CT molecular complexity index is 1060. The summed E-state index contributed by atoms with van der Waals surface area (Å²) in [4.78, 5) is 11.6. The van der Waals surface area contributed by atoms with Gasteiger partial charge >= 0.3 is 0 Å². The van der Waals surface area contributed by atoms with Crippen molar-refractivity contribution in [2.24, 2.45) is 0 Å². The summed E-state index contributed by atoms with van der Waals surface area (Å²) in [7, 11) is -3.78. The van der Waals surface area contributed by atoms with E-state index in [2.05, 4.69) is 10.0 Å². The van der Waals surface area contributed by atoms with Crippen LogP contribution in [0.2, 0.25) is 0 Å². The van der Waals surface area contributed by atoms with Crippen molar-refractivity contribution in [1.29, 1.82) is 0 Å². The van der Waals surface area contributed by atoms with Gasteiger partial charge in [-0.15, -0.1) is 0 Å². The third-order valence-electron chi connectivity index (χ3n) is 5.17. The largest absolute Gasteiger partial charge is 0.448 e. The van der Waals surface area contributed by atoms with E-state index in [1.165, 1.54) is 12.1 Å². The molecule has 0 atom stereocenters. The molecule has 0 unspecified atom stereocenters. The SMILES string of the molecule is O=C1Cc2cc(S(=O)(=O)Nc3ccc4c(c3)OC3(CCCC3)O4)ccc2N1. The van der Waals surface area contributed by atoms with Gasteiger partial charge in [-0.25, -0.2) is 8.42 Å². The molecule has 0 saturated heterocycles. The molecule has 1 fully saturated rings. The number of sulfonamides is 1. The highest BCUT2D eigenvalue weighted by Gasteiger charge is 2.44. The standard InChI is InChI=1S/C19H18N2O5S/c22-18-10-12-9-14(4-5-15(12)20-18)27(23,24)21-13-3-6-16-17(11-13)26-19(25-16)7-1-2-8-19/h3-6,9,11,21H,1-2,7-8,10H2,(H,20,22). The van der Waals surface area contributed by atoms with Crippen molar-refractivity contribution in [1.82, 2.24) is 0 Å². The van der Waals surface area contributed by atoms with Gasteiger partial charge in [-0.2, -0.15) is 0 Å². The zero-order valence-corrected chi connectivity index (χ0v) is 15.3. The normalized spacial score (nSPS) is 19.2. The van der Waals surface area contributed by atoms with E-state index in [-0.39, 0.29) is 17.2 Å². The van der Waals surface area contributed by atoms with Crippen molar-refractivity contribution in [3.8, 4) is 11.5 Å². The molecule has 5 rings (SSSR count). The fourth-order valence-corrected chi connectivity index (χ4v) is 4.96. The molecule has 1 amide bonds. The number of nitrogens with one attached hydrogen (secondary N) is 2. The van der Waals surface area contributed by atoms with Crippen LogP contribution in [0.1, 0.15) is 31.2 Å². The summed E-state index contributed by atoms with van der Waals surface area (Å²) >= 11 is 0. The zero-order valence-electron chi connectivity index (χ0n) is 14.4. The van der Waals surface area contributed by atoms with Crippen molar-refractivity contribution in [2.75, 3.05) is 10.0 Å². The fraction of sp³-hybridized carbons (Fsp3) is 0.316. The van der Waals surface area contributed by atoms with Crippen molar-refractivity contribution in [2.45, 2.75) is 42.8 Å². The predicted molar refractivity (Wildman–Crippen MR) is 98.5 cm³/mol. The van der Waals surface area contributed by atoms with E-state index in [0.717, 1.165) is 25.7 Å². The summed E-state index contributed by atoms with van der Waals surface area (Å²) in [5.74, 6) is 0.478. The lowest BCUT2D eigenvalue weighted by molar-refractivity contribution is -0.115. The van der Waals surface area contributed by atoms with Crippen LogP contribution in [0.3, 0.4) is 0 Å². The molecular weight excluding hydrogens is 368 g/mol. The number of carbonyl (C=O) groups is 1. The molecule has 2 N–H and O–H groups in total. The second-order valence-electron chi connectivity index (χ2n) is 7.13. The molecule has 0 aromatic heterocycles. The van der Waals surface area contributed by atoms with E-state index >= 15 is 0 Å². The van der Waals surface area contributed by atoms with Gasteiger partial charge in [0.1, 0.15) is 0 Å². The van der Waals surface area contributed by atoms with Gasteiger partial charge in [-0.3, -0.25) is 9.52 Å². The third kappa shape index (κ3) is 2.80. The van der Waals surface area contributed by atoms with Crippen LogP contribution in [0, 0.1) is 0 Å². The first-order chi connectivity index (χ1) is 12.9. The second kappa shape index (κ2) is 5.63. The Morgan fingerprint density at radius 2 is 1.78 bits per heavy atom. The zero-order chi connectivity index (χ0) is 18.6. The number of hydrogen-bond acceptors (Lipinski definition) is 5. The Hall–Kier alpha value is -2.74. The van der Waals surface area contributed by atoms with Crippen LogP contribution in [-0.4, -0.2) is 20.1 Å². The molecule has 2 aliphatic heterocycles. The van der Waals surface area contributed by atoms with Gasteiger partial charge in [0.05, 0.1) is 17.0 Å². The van der Waals surface area contributed by atoms with Gasteiger partial charge in [0.15, 0.2) is 11.5 Å². The summed E-state index contributed by atoms with van der Waals surface area (Å²) in [6.45, 7) is 0. The van der Waals surface area contributed by atoms with Crippen LogP contribution in [-0.2, 0) is 21.2 Å². The van der Waals surface area contributed by atoms with Gasteiger partial charge in [-0.05, 0) is 48.7 Å². The Morgan fingerprint density at radius 3 is 2.59 bits per heavy atom. The van der Waals surface area contributed by atoms with Gasteiger partial charge in [0, 0.05) is 24.6 Å². The first kappa shape index (κ1) is 16.4. The van der Waals surface area contributed by atoms with Gasteiger partial charge in [0.25, 0.3) is 15.8 Å². The molecule has 0 bridgehead atoms. The molecule has 2 heterocycles. The van der Waals surface area contributed by atoms with E-state index in [4.69, 9.17) is 9.47 Å². The van der Waals surface area contributed by atoms with Crippen LogP contribution < -0.4 is 19.5 Å². The number of rotatable bonds is 3. The minimum absolute atomic E-state index is 0.114. The van der Waals surface area contributed by atoms with E-state index in [9.17, 15) is 13.2 Å². The molecule has 1 saturated carbocycles. The lowest BCUT2D eigenvalue weighted by atomic mass is 10.2. The number of amides is 1. The minimum Gasteiger partial charge on any atom is -0.448 e. The smallest absolute Gasteiger partial charge is 0.261 e. The average Bonchev–Trinajstić information content (AvgIpc) is 3.31. The first-order valence-electron chi connectivity index (χ1n) is 8.90. The van der Waals surface area contributed by atoms with Crippen LogP contribution in [0.4, 0.5) is 11.4 Å². The maximum atomic E-state index is 12.7. The quantitative estimate of drug-likeness (QED) is 0.846. The molecule has 140 valence electrons. The fourth-order valence-electron chi connectivity index (χ4n) is 3.86. The number of anilines is 2. The van der Waals surface area contributed by atoms with Crippen molar-refractivity contribution in [3.63, 3.8) is 0 Å². The maximum absolute atomic E-state index is 12.7. The van der Waals surface area contributed by atoms with Crippen LogP contribution >= 0.6 is 0 Å². The lowest BCUT2D eigenvalue weighted by Crippen LogP contribution is -2.34. The number of ether oxygens (including phenoxy) is 2. The van der Waals surface area contributed by atoms with Gasteiger partial charge in [0.2, 0.25) is 5.91 Å². The maximum Gasteiger partial charge on any atom is 0.261 e. The molecule has 0 radical (unpaired) electrons. The molecule has 3 aliphatic rings. The highest BCUT2D eigenvalue weighted by Crippen LogP contribution is 2.47. The molecule has 2 aromatic rings. The number of hydrogen-bond donors (Lipinski definition) is 2. The Labute approximate surface area is 156 Å². The highest BCUT2D eigenvalue weighted by molar-refractivity contribution is 7.92. The van der Waals surface area contributed by atoms with E-state index in [1.807, 2.05) is 0 Å². The van der Waals surface area contributed by atoms with Crippen LogP contribution in [0.5, 0.6) is 11.5 Å². The van der Waals surface area contributed by atoms with Crippen molar-refractivity contribution < 1.29 is 22.7 Å². The van der Waals surface area contributed by atoms with Crippen molar-refractivity contribution >= 4 is 27.3 Å². The molecule has 1 spiro atoms. The number of carbonyl (C=O) groups excluding carboxylic acids is 1. The van der Waals surface area contributed by atoms with Crippen LogP contribution in [0.25, 0.3) is 0 Å². The third-order valence-corrected chi connectivity index (χ3v) is 6.54. The Kier molecular flexibility index (Phi) is 3.42. The Balaban J connectivity index is 1.40.